The van der Waals surface area contributed by atoms with Crippen LogP contribution in [0.3, 0.4) is 0 Å². The van der Waals surface area contributed by atoms with Gasteiger partial charge in [0.1, 0.15) is 0 Å². The van der Waals surface area contributed by atoms with Crippen molar-refractivity contribution >= 4 is 53.6 Å². The molecule has 0 aliphatic carbocycles. The second-order valence-electron chi connectivity index (χ2n) is 11.4. The van der Waals surface area contributed by atoms with E-state index in [1.807, 2.05) is 22.7 Å². The van der Waals surface area contributed by atoms with Gasteiger partial charge in [-0.1, -0.05) is 75.2 Å². The predicted octanol–water partition coefficient (Wildman–Crippen LogP) is 11.5. The van der Waals surface area contributed by atoms with Crippen molar-refractivity contribution < 1.29 is 0 Å². The number of aryl methyl sites for hydroxylation is 6. The van der Waals surface area contributed by atoms with Gasteiger partial charge in [-0.25, -0.2) is 0 Å². The summed E-state index contributed by atoms with van der Waals surface area (Å²) >= 11 is 3.94. The van der Waals surface area contributed by atoms with E-state index < -0.39 is 0 Å². The van der Waals surface area contributed by atoms with Gasteiger partial charge < -0.3 is 0 Å². The van der Waals surface area contributed by atoms with Crippen LogP contribution in [0.2, 0.25) is 0 Å². The van der Waals surface area contributed by atoms with E-state index in [9.17, 15) is 0 Å². The molecule has 6 rings (SSSR count). The van der Waals surface area contributed by atoms with Crippen LogP contribution in [0, 0.1) is 0 Å². The molecule has 2 heteroatoms. The maximum atomic E-state index is 2.42. The van der Waals surface area contributed by atoms with E-state index in [2.05, 4.69) is 98.8 Å². The minimum Gasteiger partial charge on any atom is -0.140 e. The maximum absolute atomic E-state index is 2.42. The lowest BCUT2D eigenvalue weighted by Gasteiger charge is -2.03. The van der Waals surface area contributed by atoms with E-state index in [4.69, 9.17) is 0 Å². The molecular weight excluding hydrogens is 521 g/mol. The Kier molecular flexibility index (Phi) is 8.65. The van der Waals surface area contributed by atoms with Crippen LogP contribution >= 0.6 is 22.7 Å². The van der Waals surface area contributed by atoms with Crippen molar-refractivity contribution in [2.45, 2.75) is 78.1 Å². The van der Waals surface area contributed by atoms with Crippen molar-refractivity contribution in [1.29, 1.82) is 0 Å². The Morgan fingerprint density at radius 1 is 0.400 bits per heavy atom. The van der Waals surface area contributed by atoms with E-state index in [0.29, 0.717) is 0 Å². The fourth-order valence-electron chi connectivity index (χ4n) is 5.72. The molecule has 40 heavy (non-hydrogen) atoms. The molecule has 0 nitrogen and oxygen atoms in total. The molecule has 0 radical (unpaired) electrons. The van der Waals surface area contributed by atoms with Crippen molar-refractivity contribution in [3.05, 3.63) is 117 Å². The average Bonchev–Trinajstić information content (AvgIpc) is 3.57. The molecule has 0 saturated heterocycles. The fraction of sp³-hybridized carbons (Fsp3) is 0.316. The van der Waals surface area contributed by atoms with Gasteiger partial charge in [0.25, 0.3) is 0 Å². The Balaban J connectivity index is 1.13. The molecule has 0 spiro atoms. The van der Waals surface area contributed by atoms with E-state index in [1.54, 1.807) is 0 Å². The molecule has 0 aliphatic heterocycles. The van der Waals surface area contributed by atoms with E-state index in [1.165, 1.54) is 101 Å². The molecular formula is C38H40S2. The topological polar surface area (TPSA) is 0 Å². The van der Waals surface area contributed by atoms with Crippen LogP contribution in [-0.2, 0) is 38.5 Å². The zero-order valence-corrected chi connectivity index (χ0v) is 25.6. The molecule has 2 aromatic heterocycles. The summed E-state index contributed by atoms with van der Waals surface area (Å²) in [5, 5.41) is 5.51. The third-order valence-corrected chi connectivity index (χ3v) is 10.5. The van der Waals surface area contributed by atoms with Crippen LogP contribution in [0.25, 0.3) is 30.9 Å². The van der Waals surface area contributed by atoms with Gasteiger partial charge in [0.05, 0.1) is 0 Å². The molecule has 0 atom stereocenters. The lowest BCUT2D eigenvalue weighted by atomic mass is 10.0. The van der Waals surface area contributed by atoms with Gasteiger partial charge >= 0.3 is 0 Å². The van der Waals surface area contributed by atoms with Crippen LogP contribution in [0.1, 0.15) is 71.5 Å². The molecule has 0 amide bonds. The SMILES string of the molecule is CCCCc1ccc(CCc2cc3cc4cc5sc(CCc6ccc(CCCC)cc6)cc5cc4cc3s2)cc1. The maximum Gasteiger partial charge on any atom is 0.0352 e. The summed E-state index contributed by atoms with van der Waals surface area (Å²) in [5.74, 6) is 0. The smallest absolute Gasteiger partial charge is 0.0352 e. The lowest BCUT2D eigenvalue weighted by molar-refractivity contribution is 0.794. The Morgan fingerprint density at radius 2 is 0.775 bits per heavy atom. The first-order valence-electron chi connectivity index (χ1n) is 15.2. The highest BCUT2D eigenvalue weighted by atomic mass is 32.1. The van der Waals surface area contributed by atoms with Crippen LogP contribution in [0.5, 0.6) is 0 Å². The van der Waals surface area contributed by atoms with E-state index in [-0.39, 0.29) is 0 Å². The van der Waals surface area contributed by atoms with Gasteiger partial charge in [0.2, 0.25) is 0 Å². The predicted molar refractivity (Wildman–Crippen MR) is 180 cm³/mol. The highest BCUT2D eigenvalue weighted by molar-refractivity contribution is 7.19. The summed E-state index contributed by atoms with van der Waals surface area (Å²) in [7, 11) is 0. The van der Waals surface area contributed by atoms with Gasteiger partial charge in [-0.15, -0.1) is 22.7 Å². The molecule has 0 saturated carbocycles. The van der Waals surface area contributed by atoms with Crippen molar-refractivity contribution in [3.8, 4) is 0 Å². The molecule has 0 aliphatic rings. The number of benzene rings is 4. The van der Waals surface area contributed by atoms with Gasteiger partial charge in [-0.3, -0.25) is 0 Å². The quantitative estimate of drug-likeness (QED) is 0.140. The number of hydrogen-bond donors (Lipinski definition) is 0. The number of fused-ring (bicyclic) bond motifs is 3. The van der Waals surface area contributed by atoms with Crippen molar-refractivity contribution in [1.82, 2.24) is 0 Å². The van der Waals surface area contributed by atoms with Crippen LogP contribution in [-0.4, -0.2) is 0 Å². The van der Waals surface area contributed by atoms with Crippen LogP contribution in [0.15, 0.2) is 84.9 Å². The third kappa shape index (κ3) is 6.51. The molecule has 6 aromatic rings. The monoisotopic (exact) mass is 560 g/mol. The summed E-state index contributed by atoms with van der Waals surface area (Å²) in [6.07, 6.45) is 11.9. The first-order valence-corrected chi connectivity index (χ1v) is 16.8. The fourth-order valence-corrected chi connectivity index (χ4v) is 7.91. The van der Waals surface area contributed by atoms with Crippen LogP contribution in [0.4, 0.5) is 0 Å². The summed E-state index contributed by atoms with van der Waals surface area (Å²) in [6, 6.07) is 33.1. The van der Waals surface area contributed by atoms with Crippen molar-refractivity contribution in [2.75, 3.05) is 0 Å². The highest BCUT2D eigenvalue weighted by Crippen LogP contribution is 2.35. The van der Waals surface area contributed by atoms with Gasteiger partial charge in [-0.05, 0) is 132 Å². The largest absolute Gasteiger partial charge is 0.140 e. The van der Waals surface area contributed by atoms with E-state index in [0.717, 1.165) is 25.7 Å². The second kappa shape index (κ2) is 12.7. The Bertz CT molecular complexity index is 1500. The number of unbranched alkanes of at least 4 members (excludes halogenated alkanes) is 2. The average molecular weight is 561 g/mol. The zero-order chi connectivity index (χ0) is 27.3. The standard InChI is InChI=1S/C38H40S2/c1-3-5-7-27-9-13-29(14-10-27)17-19-35-23-33-21-31-26-38-34(22-32(31)25-37(33)39-35)24-36(40-38)20-18-30-15-11-28(12-16-30)8-6-4-2/h9-16,21-26H,3-8,17-20H2,1-2H3. The summed E-state index contributed by atoms with van der Waals surface area (Å²) in [6.45, 7) is 4.52. The number of rotatable bonds is 12. The summed E-state index contributed by atoms with van der Waals surface area (Å²) < 4.78 is 2.82. The first-order chi connectivity index (χ1) is 19.7. The summed E-state index contributed by atoms with van der Waals surface area (Å²) in [4.78, 5) is 2.98. The first kappa shape index (κ1) is 27.2. The zero-order valence-electron chi connectivity index (χ0n) is 24.0. The third-order valence-electron chi connectivity index (χ3n) is 8.22. The molecule has 0 N–H and O–H groups in total. The van der Waals surface area contributed by atoms with Crippen LogP contribution < -0.4 is 0 Å². The van der Waals surface area contributed by atoms with Gasteiger partial charge in [0.15, 0.2) is 0 Å². The summed E-state index contributed by atoms with van der Waals surface area (Å²) in [5.41, 5.74) is 5.84. The molecule has 0 bridgehead atoms. The minimum absolute atomic E-state index is 1.11. The molecule has 4 aromatic carbocycles. The van der Waals surface area contributed by atoms with Crippen molar-refractivity contribution in [3.63, 3.8) is 0 Å². The molecule has 0 fully saturated rings. The highest BCUT2D eigenvalue weighted by Gasteiger charge is 2.09. The number of hydrogen-bond acceptors (Lipinski definition) is 2. The Hall–Kier alpha value is -2.94. The second-order valence-corrected chi connectivity index (χ2v) is 13.7. The molecule has 0 unspecified atom stereocenters. The van der Waals surface area contributed by atoms with Gasteiger partial charge in [-0.2, -0.15) is 0 Å². The Labute approximate surface area is 247 Å². The normalized spacial score (nSPS) is 11.8. The number of thiophene rings is 2. The van der Waals surface area contributed by atoms with Crippen molar-refractivity contribution in [2.24, 2.45) is 0 Å². The minimum atomic E-state index is 1.11. The van der Waals surface area contributed by atoms with E-state index >= 15 is 0 Å². The Morgan fingerprint density at radius 3 is 1.15 bits per heavy atom. The molecule has 204 valence electrons. The molecule has 2 heterocycles. The lowest BCUT2D eigenvalue weighted by Crippen LogP contribution is -1.90. The van der Waals surface area contributed by atoms with Gasteiger partial charge in [0, 0.05) is 19.2 Å².